The Labute approximate surface area is 149 Å². The van der Waals surface area contributed by atoms with Gasteiger partial charge in [0.2, 0.25) is 0 Å². The molecular formula is C15H18ClN5O2S. The Kier molecular flexibility index (Phi) is 5.15. The van der Waals surface area contributed by atoms with Gasteiger partial charge in [0.05, 0.1) is 7.11 Å². The van der Waals surface area contributed by atoms with Crippen LogP contribution in [-0.2, 0) is 4.74 Å². The third kappa shape index (κ3) is 3.44. The molecule has 3 heterocycles. The third-order valence-electron chi connectivity index (χ3n) is 4.07. The number of aromatic nitrogens is 3. The number of rotatable bonds is 4. The summed E-state index contributed by atoms with van der Waals surface area (Å²) in [6.07, 6.45) is 3.76. The second kappa shape index (κ2) is 7.31. The first-order valence-corrected chi connectivity index (χ1v) is 8.79. The predicted octanol–water partition coefficient (Wildman–Crippen LogP) is 2.48. The van der Waals surface area contributed by atoms with Gasteiger partial charge in [-0.15, -0.1) is 5.10 Å². The van der Waals surface area contributed by atoms with E-state index < -0.39 is 5.97 Å². The number of likely N-dealkylation sites (N-methyl/N-ethyl adjacent to an activating group) is 1. The molecule has 1 atom stereocenters. The summed E-state index contributed by atoms with van der Waals surface area (Å²) in [6.45, 7) is 1.77. The number of carbonyl (C=O) groups is 1. The highest BCUT2D eigenvalue weighted by Crippen LogP contribution is 2.32. The molecule has 128 valence electrons. The normalized spacial score (nSPS) is 17.6. The van der Waals surface area contributed by atoms with Gasteiger partial charge in [0.1, 0.15) is 0 Å². The molecule has 1 unspecified atom stereocenters. The summed E-state index contributed by atoms with van der Waals surface area (Å²) in [5.41, 5.74) is 0. The van der Waals surface area contributed by atoms with Crippen molar-refractivity contribution in [2.45, 2.75) is 18.9 Å². The summed E-state index contributed by atoms with van der Waals surface area (Å²) >= 11 is 7.32. The quantitative estimate of drug-likeness (QED) is 0.768. The first kappa shape index (κ1) is 16.9. The van der Waals surface area contributed by atoms with Crippen LogP contribution in [0.1, 0.15) is 22.5 Å². The number of halogens is 1. The van der Waals surface area contributed by atoms with Crippen LogP contribution in [0.15, 0.2) is 18.3 Å². The maximum Gasteiger partial charge on any atom is 0.351 e. The molecule has 0 N–H and O–H groups in total. The van der Waals surface area contributed by atoms with E-state index in [4.69, 9.17) is 16.3 Å². The first-order valence-electron chi connectivity index (χ1n) is 7.60. The molecule has 1 fully saturated rings. The number of nitrogens with zero attached hydrogens (tertiary/aromatic N) is 5. The highest BCUT2D eigenvalue weighted by atomic mass is 35.5. The Balaban J connectivity index is 1.75. The zero-order valence-electron chi connectivity index (χ0n) is 13.5. The maximum atomic E-state index is 11.7. The van der Waals surface area contributed by atoms with Gasteiger partial charge in [0.25, 0.3) is 0 Å². The number of piperidine rings is 1. The van der Waals surface area contributed by atoms with E-state index in [-0.39, 0.29) is 11.2 Å². The Bertz CT molecular complexity index is 711. The second-order valence-electron chi connectivity index (χ2n) is 5.54. The smallest absolute Gasteiger partial charge is 0.351 e. The number of thiazole rings is 1. The Morgan fingerprint density at radius 3 is 3.08 bits per heavy atom. The fraction of sp³-hybridized carbons (Fsp3) is 0.467. The zero-order chi connectivity index (χ0) is 17.1. The molecule has 0 bridgehead atoms. The highest BCUT2D eigenvalue weighted by Gasteiger charge is 2.27. The van der Waals surface area contributed by atoms with Gasteiger partial charge < -0.3 is 14.5 Å². The fourth-order valence-electron chi connectivity index (χ4n) is 2.76. The van der Waals surface area contributed by atoms with Gasteiger partial charge >= 0.3 is 5.97 Å². The summed E-state index contributed by atoms with van der Waals surface area (Å²) < 4.78 is 4.74. The van der Waals surface area contributed by atoms with Gasteiger partial charge in [0, 0.05) is 32.4 Å². The number of anilines is 2. The minimum absolute atomic E-state index is 0.190. The Morgan fingerprint density at radius 2 is 2.38 bits per heavy atom. The van der Waals surface area contributed by atoms with Crippen LogP contribution >= 0.6 is 22.9 Å². The van der Waals surface area contributed by atoms with Crippen molar-refractivity contribution in [3.05, 3.63) is 28.4 Å². The van der Waals surface area contributed by atoms with Crippen molar-refractivity contribution in [2.24, 2.45) is 0 Å². The monoisotopic (exact) mass is 367 g/mol. The van der Waals surface area contributed by atoms with Gasteiger partial charge in [-0.05, 0) is 25.0 Å². The lowest BCUT2D eigenvalue weighted by molar-refractivity contribution is 0.0606. The minimum atomic E-state index is -0.456. The molecule has 3 rings (SSSR count). The van der Waals surface area contributed by atoms with Gasteiger partial charge in [0.15, 0.2) is 21.0 Å². The topological polar surface area (TPSA) is 71.5 Å². The first-order chi connectivity index (χ1) is 11.6. The number of hydrogen-bond donors (Lipinski definition) is 0. The van der Waals surface area contributed by atoms with E-state index in [0.29, 0.717) is 10.0 Å². The molecule has 9 heteroatoms. The lowest BCUT2D eigenvalue weighted by atomic mass is 10.0. The summed E-state index contributed by atoms with van der Waals surface area (Å²) in [6, 6.07) is 4.11. The van der Waals surface area contributed by atoms with Crippen molar-refractivity contribution < 1.29 is 9.53 Å². The summed E-state index contributed by atoms with van der Waals surface area (Å²) in [7, 11) is 3.31. The van der Waals surface area contributed by atoms with E-state index in [0.717, 1.165) is 31.7 Å². The van der Waals surface area contributed by atoms with Crippen molar-refractivity contribution in [1.82, 2.24) is 15.2 Å². The zero-order valence-corrected chi connectivity index (χ0v) is 15.0. The van der Waals surface area contributed by atoms with Gasteiger partial charge in [-0.2, -0.15) is 5.10 Å². The number of hydrogen-bond acceptors (Lipinski definition) is 8. The molecule has 0 aromatic carbocycles. The molecule has 0 saturated carbocycles. The molecule has 7 nitrogen and oxygen atoms in total. The number of ether oxygens (including phenoxy) is 1. The van der Waals surface area contributed by atoms with Crippen molar-refractivity contribution in [3.8, 4) is 0 Å². The Morgan fingerprint density at radius 1 is 1.54 bits per heavy atom. The molecule has 0 spiro atoms. The molecular weight excluding hydrogens is 350 g/mol. The lowest BCUT2D eigenvalue weighted by Crippen LogP contribution is -2.47. The Hall–Kier alpha value is -1.93. The largest absolute Gasteiger partial charge is 0.465 e. The van der Waals surface area contributed by atoms with Gasteiger partial charge in [-0.1, -0.05) is 22.9 Å². The summed E-state index contributed by atoms with van der Waals surface area (Å²) in [5, 5.41) is 9.04. The number of carbonyl (C=O) groups excluding carboxylic acids is 1. The summed E-state index contributed by atoms with van der Waals surface area (Å²) in [5.74, 6) is 0.421. The molecule has 0 aliphatic carbocycles. The minimum Gasteiger partial charge on any atom is -0.465 e. The van der Waals surface area contributed by atoms with Crippen LogP contribution in [0.25, 0.3) is 0 Å². The van der Waals surface area contributed by atoms with E-state index in [1.54, 1.807) is 6.20 Å². The van der Waals surface area contributed by atoms with Crippen molar-refractivity contribution in [1.29, 1.82) is 0 Å². The van der Waals surface area contributed by atoms with Gasteiger partial charge in [-0.25, -0.2) is 9.78 Å². The van der Waals surface area contributed by atoms with Crippen LogP contribution in [0.3, 0.4) is 0 Å². The fourth-order valence-corrected chi connectivity index (χ4v) is 3.99. The highest BCUT2D eigenvalue weighted by molar-refractivity contribution is 7.18. The van der Waals surface area contributed by atoms with Gasteiger partial charge in [-0.3, -0.25) is 0 Å². The third-order valence-corrected chi connectivity index (χ3v) is 5.59. The molecule has 1 saturated heterocycles. The van der Waals surface area contributed by atoms with Crippen LogP contribution in [-0.4, -0.2) is 54.4 Å². The molecule has 2 aromatic rings. The number of esters is 1. The average molecular weight is 368 g/mol. The molecule has 24 heavy (non-hydrogen) atoms. The molecule has 2 aromatic heterocycles. The van der Waals surface area contributed by atoms with E-state index in [1.165, 1.54) is 18.4 Å². The van der Waals surface area contributed by atoms with E-state index in [1.807, 2.05) is 19.2 Å². The average Bonchev–Trinajstić information content (AvgIpc) is 3.03. The van der Waals surface area contributed by atoms with Crippen LogP contribution in [0, 0.1) is 0 Å². The maximum absolute atomic E-state index is 11.7. The van der Waals surface area contributed by atoms with Crippen molar-refractivity contribution >= 4 is 39.9 Å². The number of methoxy groups -OCH3 is 1. The van der Waals surface area contributed by atoms with Crippen LogP contribution in [0.2, 0.25) is 5.15 Å². The molecule has 0 radical (unpaired) electrons. The van der Waals surface area contributed by atoms with Crippen molar-refractivity contribution in [3.63, 3.8) is 0 Å². The lowest BCUT2D eigenvalue weighted by Gasteiger charge is -2.37. The molecule has 1 aliphatic rings. The standard InChI is InChI=1S/C15H18ClN5O2S/c1-20(15-18-13(16)12(24-15)14(22)23-2)10-5-4-8-21(9-10)11-6-3-7-17-19-11/h3,6-7,10H,4-5,8-9H2,1-2H3. The molecule has 0 amide bonds. The van der Waals surface area contributed by atoms with Crippen LogP contribution in [0.5, 0.6) is 0 Å². The van der Waals surface area contributed by atoms with E-state index >= 15 is 0 Å². The van der Waals surface area contributed by atoms with Crippen LogP contribution < -0.4 is 9.80 Å². The molecule has 1 aliphatic heterocycles. The second-order valence-corrected chi connectivity index (χ2v) is 6.88. The van der Waals surface area contributed by atoms with E-state index in [2.05, 4.69) is 25.0 Å². The SMILES string of the molecule is COC(=O)c1sc(N(C)C2CCCN(c3cccnn3)C2)nc1Cl. The van der Waals surface area contributed by atoms with E-state index in [9.17, 15) is 4.79 Å². The van der Waals surface area contributed by atoms with Crippen molar-refractivity contribution in [2.75, 3.05) is 37.0 Å². The van der Waals surface area contributed by atoms with Crippen LogP contribution in [0.4, 0.5) is 10.9 Å². The summed E-state index contributed by atoms with van der Waals surface area (Å²) in [4.78, 5) is 20.6. The predicted molar refractivity (Wildman–Crippen MR) is 94.1 cm³/mol.